The van der Waals surface area contributed by atoms with Crippen LogP contribution in [0.5, 0.6) is 5.88 Å². The lowest BCUT2D eigenvalue weighted by molar-refractivity contribution is -0.137. The van der Waals surface area contributed by atoms with Crippen molar-refractivity contribution in [3.63, 3.8) is 0 Å². The van der Waals surface area contributed by atoms with Gasteiger partial charge in [-0.15, -0.1) is 0 Å². The summed E-state index contributed by atoms with van der Waals surface area (Å²) in [5, 5.41) is 0. The molecule has 4 heterocycles. The minimum absolute atomic E-state index is 0.0428. The third-order valence-electron chi connectivity index (χ3n) is 6.72. The summed E-state index contributed by atoms with van der Waals surface area (Å²) in [5.74, 6) is 0.459. The Morgan fingerprint density at radius 3 is 2.63 bits per heavy atom. The van der Waals surface area contributed by atoms with Gasteiger partial charge in [0.1, 0.15) is 12.7 Å². The molecule has 3 aromatic rings. The minimum Gasteiger partial charge on any atom is -0.473 e. The minimum atomic E-state index is -0.216. The Morgan fingerprint density at radius 1 is 1.11 bits per heavy atom. The Bertz CT molecular complexity index is 1160. The summed E-state index contributed by atoms with van der Waals surface area (Å²) in [4.78, 5) is 29.6. The van der Waals surface area contributed by atoms with Crippen LogP contribution in [0.3, 0.4) is 0 Å². The van der Waals surface area contributed by atoms with E-state index in [1.54, 1.807) is 31.3 Å². The summed E-state index contributed by atoms with van der Waals surface area (Å²) in [5.41, 5.74) is 4.27. The van der Waals surface area contributed by atoms with Gasteiger partial charge in [-0.2, -0.15) is 0 Å². The average Bonchev–Trinajstić information content (AvgIpc) is 2.92. The number of piperidine rings is 1. The number of nitrogens with zero attached hydrogens (tertiary/aromatic N) is 5. The van der Waals surface area contributed by atoms with Gasteiger partial charge < -0.3 is 24.0 Å². The molecule has 1 atom stereocenters. The number of amides is 1. The molecule has 2 saturated heterocycles. The van der Waals surface area contributed by atoms with Crippen LogP contribution in [-0.2, 0) is 14.3 Å². The molecule has 0 bridgehead atoms. The van der Waals surface area contributed by atoms with E-state index in [4.69, 9.17) is 19.2 Å². The lowest BCUT2D eigenvalue weighted by Crippen LogP contribution is -2.46. The molecule has 2 aromatic heterocycles. The second-order valence-electron chi connectivity index (χ2n) is 8.97. The summed E-state index contributed by atoms with van der Waals surface area (Å²) >= 11 is 0. The van der Waals surface area contributed by atoms with E-state index in [1.807, 2.05) is 6.07 Å². The number of rotatable bonds is 6. The van der Waals surface area contributed by atoms with E-state index in [2.05, 4.69) is 39.1 Å². The summed E-state index contributed by atoms with van der Waals surface area (Å²) in [6.45, 7) is 5.44. The van der Waals surface area contributed by atoms with Gasteiger partial charge in [0.25, 0.3) is 0 Å². The number of hydrogen-bond donors (Lipinski definition) is 0. The second-order valence-corrected chi connectivity index (χ2v) is 8.97. The third kappa shape index (κ3) is 5.36. The van der Waals surface area contributed by atoms with Crippen LogP contribution < -0.4 is 9.64 Å². The molecule has 2 aliphatic rings. The van der Waals surface area contributed by atoms with Crippen molar-refractivity contribution in [1.29, 1.82) is 0 Å². The molecule has 2 aliphatic heterocycles. The smallest absolute Gasteiger partial charge is 0.242 e. The lowest BCUT2D eigenvalue weighted by atomic mass is 10.1. The van der Waals surface area contributed by atoms with Crippen LogP contribution in [-0.4, -0.2) is 84.5 Å². The van der Waals surface area contributed by atoms with Crippen molar-refractivity contribution in [2.24, 2.45) is 0 Å². The Labute approximate surface area is 205 Å². The zero-order valence-electron chi connectivity index (χ0n) is 20.2. The fourth-order valence-corrected chi connectivity index (χ4v) is 4.66. The van der Waals surface area contributed by atoms with Gasteiger partial charge in [0.15, 0.2) is 5.52 Å². The fourth-order valence-electron chi connectivity index (χ4n) is 4.66. The maximum absolute atomic E-state index is 11.7. The monoisotopic (exact) mass is 477 g/mol. The van der Waals surface area contributed by atoms with Crippen molar-refractivity contribution in [3.05, 3.63) is 42.7 Å². The molecule has 9 nitrogen and oxygen atoms in total. The van der Waals surface area contributed by atoms with Crippen LogP contribution in [0.2, 0.25) is 0 Å². The van der Waals surface area contributed by atoms with Crippen molar-refractivity contribution < 1.29 is 19.0 Å². The summed E-state index contributed by atoms with van der Waals surface area (Å²) in [7, 11) is 1.79. The molecule has 0 radical (unpaired) electrons. The van der Waals surface area contributed by atoms with Gasteiger partial charge in [-0.3, -0.25) is 9.78 Å². The van der Waals surface area contributed by atoms with E-state index in [0.29, 0.717) is 42.7 Å². The van der Waals surface area contributed by atoms with Crippen LogP contribution >= 0.6 is 0 Å². The number of ether oxygens (including phenoxy) is 3. The Morgan fingerprint density at radius 2 is 1.89 bits per heavy atom. The van der Waals surface area contributed by atoms with Gasteiger partial charge in [-0.05, 0) is 31.0 Å². The van der Waals surface area contributed by atoms with E-state index in [0.717, 1.165) is 37.2 Å². The molecule has 0 saturated carbocycles. The number of methoxy groups -OCH3 is 1. The van der Waals surface area contributed by atoms with E-state index in [-0.39, 0.29) is 18.6 Å². The first-order valence-electron chi connectivity index (χ1n) is 12.1. The number of morpholine rings is 1. The van der Waals surface area contributed by atoms with Crippen molar-refractivity contribution in [2.45, 2.75) is 32.0 Å². The number of pyridine rings is 1. The van der Waals surface area contributed by atoms with Crippen molar-refractivity contribution in [2.75, 3.05) is 51.4 Å². The molecular formula is C26H31N5O4. The summed E-state index contributed by atoms with van der Waals surface area (Å²) < 4.78 is 17.4. The highest BCUT2D eigenvalue weighted by molar-refractivity contribution is 5.83. The molecule has 2 fully saturated rings. The zero-order chi connectivity index (χ0) is 24.2. The molecule has 0 spiro atoms. The van der Waals surface area contributed by atoms with E-state index >= 15 is 0 Å². The van der Waals surface area contributed by atoms with Crippen LogP contribution in [0, 0.1) is 0 Å². The van der Waals surface area contributed by atoms with Gasteiger partial charge in [0.05, 0.1) is 30.5 Å². The van der Waals surface area contributed by atoms with Gasteiger partial charge in [-0.25, -0.2) is 9.97 Å². The zero-order valence-corrected chi connectivity index (χ0v) is 20.2. The van der Waals surface area contributed by atoms with Crippen molar-refractivity contribution in [3.8, 4) is 17.1 Å². The summed E-state index contributed by atoms with van der Waals surface area (Å²) in [6, 6.07) is 10.4. The standard InChI is InChI=1S/C26H31N5O4/c1-18(32)31-13-14-34-22(16-31)17-35-26-25-24(27-9-10-28-25)15-23(29-26)19-3-5-20(6-4-19)30-11-7-21(33-2)8-12-30/h3-6,9-10,15,21-22H,7-8,11-14,16-17H2,1-2H3/t22-/m0/s1. The van der Waals surface area contributed by atoms with E-state index in [9.17, 15) is 4.79 Å². The van der Waals surface area contributed by atoms with Crippen LogP contribution in [0.4, 0.5) is 5.69 Å². The fraction of sp³-hybridized carbons (Fsp3) is 0.462. The molecule has 0 unspecified atom stereocenters. The Balaban J connectivity index is 1.34. The number of benzene rings is 1. The molecule has 9 heteroatoms. The predicted octanol–water partition coefficient (Wildman–Crippen LogP) is 2.93. The highest BCUT2D eigenvalue weighted by Gasteiger charge is 2.24. The SMILES string of the molecule is COC1CCN(c2ccc(-c3cc4nccnc4c(OC[C@@H]4CN(C(C)=O)CCO4)n3)cc2)CC1. The normalized spacial score (nSPS) is 19.2. The molecular weight excluding hydrogens is 446 g/mol. The number of fused-ring (bicyclic) bond motifs is 1. The predicted molar refractivity (Wildman–Crippen MR) is 133 cm³/mol. The largest absolute Gasteiger partial charge is 0.473 e. The third-order valence-corrected chi connectivity index (χ3v) is 6.72. The van der Waals surface area contributed by atoms with Gasteiger partial charge >= 0.3 is 0 Å². The lowest BCUT2D eigenvalue weighted by Gasteiger charge is -2.33. The highest BCUT2D eigenvalue weighted by atomic mass is 16.5. The molecule has 35 heavy (non-hydrogen) atoms. The quantitative estimate of drug-likeness (QED) is 0.535. The molecule has 1 aromatic carbocycles. The molecule has 184 valence electrons. The maximum Gasteiger partial charge on any atom is 0.242 e. The molecule has 0 aliphatic carbocycles. The van der Waals surface area contributed by atoms with Crippen LogP contribution in [0.15, 0.2) is 42.7 Å². The number of anilines is 1. The van der Waals surface area contributed by atoms with E-state index in [1.165, 1.54) is 5.69 Å². The molecule has 1 amide bonds. The second kappa shape index (κ2) is 10.5. The first-order valence-corrected chi connectivity index (χ1v) is 12.1. The number of carbonyl (C=O) groups is 1. The first-order chi connectivity index (χ1) is 17.1. The van der Waals surface area contributed by atoms with Gasteiger partial charge in [0.2, 0.25) is 11.8 Å². The molecule has 0 N–H and O–H groups in total. The average molecular weight is 478 g/mol. The Hall–Kier alpha value is -3.30. The van der Waals surface area contributed by atoms with Gasteiger partial charge in [-0.1, -0.05) is 12.1 Å². The van der Waals surface area contributed by atoms with Crippen LogP contribution in [0.1, 0.15) is 19.8 Å². The number of aromatic nitrogens is 3. The molecule has 5 rings (SSSR count). The first kappa shape index (κ1) is 23.4. The van der Waals surface area contributed by atoms with Crippen LogP contribution in [0.25, 0.3) is 22.3 Å². The summed E-state index contributed by atoms with van der Waals surface area (Å²) in [6.07, 6.45) is 5.52. The van der Waals surface area contributed by atoms with Crippen molar-refractivity contribution >= 4 is 22.6 Å². The topological polar surface area (TPSA) is 89.9 Å². The number of carbonyl (C=O) groups excluding carboxylic acids is 1. The van der Waals surface area contributed by atoms with Gasteiger partial charge in [0, 0.05) is 57.3 Å². The van der Waals surface area contributed by atoms with E-state index < -0.39 is 0 Å². The number of hydrogen-bond acceptors (Lipinski definition) is 8. The Kier molecular flexibility index (Phi) is 7.06. The maximum atomic E-state index is 11.7. The highest BCUT2D eigenvalue weighted by Crippen LogP contribution is 2.29. The van der Waals surface area contributed by atoms with Crippen molar-refractivity contribution in [1.82, 2.24) is 19.9 Å².